The number of aromatic nitrogens is 1. The van der Waals surface area contributed by atoms with Crippen LogP contribution >= 0.6 is 0 Å². The topological polar surface area (TPSA) is 82.5 Å². The van der Waals surface area contributed by atoms with Crippen LogP contribution in [0.25, 0.3) is 0 Å². The predicted octanol–water partition coefficient (Wildman–Crippen LogP) is 1.84. The zero-order valence-electron chi connectivity index (χ0n) is 11.5. The number of rotatable bonds is 6. The summed E-state index contributed by atoms with van der Waals surface area (Å²) in [6.07, 6.45) is 5.87. The number of hydrogen-bond donors (Lipinski definition) is 3. The molecule has 1 aromatic heterocycles. The molecule has 5 nitrogen and oxygen atoms in total. The van der Waals surface area contributed by atoms with Gasteiger partial charge in [0.05, 0.1) is 0 Å². The van der Waals surface area contributed by atoms with E-state index in [1.807, 2.05) is 0 Å². The van der Waals surface area contributed by atoms with Gasteiger partial charge in [-0.3, -0.25) is 0 Å². The van der Waals surface area contributed by atoms with Crippen LogP contribution in [0, 0.1) is 5.41 Å². The minimum absolute atomic E-state index is 0.144. The number of carbonyl (C=O) groups is 1. The fourth-order valence-electron chi connectivity index (χ4n) is 2.97. The molecule has 2 aliphatic rings. The van der Waals surface area contributed by atoms with Crippen LogP contribution in [-0.2, 0) is 12.8 Å². The van der Waals surface area contributed by atoms with Crippen molar-refractivity contribution in [3.63, 3.8) is 0 Å². The molecule has 0 radical (unpaired) electrons. The summed E-state index contributed by atoms with van der Waals surface area (Å²) >= 11 is 0. The second-order valence-electron chi connectivity index (χ2n) is 5.98. The third-order valence-corrected chi connectivity index (χ3v) is 4.51. The number of hydrogen-bond acceptors (Lipinski definition) is 4. The van der Waals surface area contributed by atoms with Crippen molar-refractivity contribution < 1.29 is 15.0 Å². The molecule has 0 unspecified atom stereocenters. The maximum absolute atomic E-state index is 11.4. The average Bonchev–Trinajstić information content (AvgIpc) is 3.03. The van der Waals surface area contributed by atoms with Gasteiger partial charge in [0.25, 0.3) is 0 Å². The molecule has 108 valence electrons. The molecule has 0 saturated heterocycles. The van der Waals surface area contributed by atoms with Crippen LogP contribution in [-0.4, -0.2) is 34.3 Å². The average molecular weight is 276 g/mol. The first kappa shape index (κ1) is 13.4. The first-order valence-corrected chi connectivity index (χ1v) is 7.24. The highest BCUT2D eigenvalue weighted by atomic mass is 16.4. The number of pyridine rings is 1. The summed E-state index contributed by atoms with van der Waals surface area (Å²) in [7, 11) is 0. The van der Waals surface area contributed by atoms with Crippen LogP contribution in [0.1, 0.15) is 47.3 Å². The second kappa shape index (κ2) is 5.05. The number of aryl methyl sites for hydroxylation is 2. The van der Waals surface area contributed by atoms with E-state index in [4.69, 9.17) is 5.11 Å². The summed E-state index contributed by atoms with van der Waals surface area (Å²) in [4.78, 5) is 15.9. The van der Waals surface area contributed by atoms with E-state index in [0.717, 1.165) is 49.8 Å². The molecule has 0 atom stereocenters. The molecule has 1 aromatic rings. The van der Waals surface area contributed by atoms with Gasteiger partial charge < -0.3 is 15.5 Å². The Balaban J connectivity index is 1.79. The molecule has 2 aliphatic carbocycles. The first-order chi connectivity index (χ1) is 9.63. The van der Waals surface area contributed by atoms with E-state index in [-0.39, 0.29) is 17.6 Å². The lowest BCUT2D eigenvalue weighted by Gasteiger charge is -2.17. The van der Waals surface area contributed by atoms with Crippen molar-refractivity contribution in [3.8, 4) is 0 Å². The van der Waals surface area contributed by atoms with Gasteiger partial charge in [-0.15, -0.1) is 0 Å². The van der Waals surface area contributed by atoms with E-state index in [1.165, 1.54) is 0 Å². The number of nitrogens with one attached hydrogen (secondary N) is 1. The van der Waals surface area contributed by atoms with Crippen LogP contribution in [0.4, 0.5) is 5.82 Å². The largest absolute Gasteiger partial charge is 0.478 e. The Bertz CT molecular complexity index is 538. The molecular formula is C15H20N2O3. The van der Waals surface area contributed by atoms with Gasteiger partial charge in [0.2, 0.25) is 0 Å². The van der Waals surface area contributed by atoms with E-state index < -0.39 is 5.97 Å². The quantitative estimate of drug-likeness (QED) is 0.738. The number of carboxylic acid groups (broad SMARTS) is 1. The second-order valence-corrected chi connectivity index (χ2v) is 5.98. The zero-order chi connectivity index (χ0) is 14.2. The van der Waals surface area contributed by atoms with Gasteiger partial charge >= 0.3 is 5.97 Å². The number of nitrogens with zero attached hydrogens (tertiary/aromatic N) is 1. The number of anilines is 1. The molecule has 0 bridgehead atoms. The van der Waals surface area contributed by atoms with Crippen molar-refractivity contribution in [2.24, 2.45) is 5.41 Å². The van der Waals surface area contributed by atoms with Crippen LogP contribution in [0.5, 0.6) is 0 Å². The van der Waals surface area contributed by atoms with Crippen LogP contribution < -0.4 is 5.32 Å². The number of aliphatic hydroxyl groups is 1. The van der Waals surface area contributed by atoms with Crippen molar-refractivity contribution in [1.82, 2.24) is 4.98 Å². The number of aromatic carboxylic acids is 1. The molecule has 5 heteroatoms. The van der Waals surface area contributed by atoms with E-state index in [0.29, 0.717) is 12.4 Å². The Labute approximate surface area is 118 Å². The summed E-state index contributed by atoms with van der Waals surface area (Å²) in [5, 5.41) is 21.6. The third-order valence-electron chi connectivity index (χ3n) is 4.51. The fraction of sp³-hybridized carbons (Fsp3) is 0.600. The Morgan fingerprint density at radius 1 is 1.40 bits per heavy atom. The minimum atomic E-state index is -0.929. The molecule has 20 heavy (non-hydrogen) atoms. The molecule has 1 heterocycles. The molecule has 0 aromatic carbocycles. The highest BCUT2D eigenvalue weighted by molar-refractivity contribution is 5.93. The van der Waals surface area contributed by atoms with E-state index in [9.17, 15) is 9.90 Å². The van der Waals surface area contributed by atoms with E-state index in [2.05, 4.69) is 10.3 Å². The van der Waals surface area contributed by atoms with Crippen molar-refractivity contribution >= 4 is 11.8 Å². The minimum Gasteiger partial charge on any atom is -0.478 e. The maximum atomic E-state index is 11.4. The number of fused-ring (bicyclic) bond motifs is 1. The smallest absolute Gasteiger partial charge is 0.339 e. The summed E-state index contributed by atoms with van der Waals surface area (Å²) in [5.74, 6) is -0.441. The van der Waals surface area contributed by atoms with Crippen molar-refractivity contribution in [1.29, 1.82) is 0 Å². The number of carboxylic acids is 1. The molecule has 1 saturated carbocycles. The molecular weight excluding hydrogens is 256 g/mol. The SMILES string of the molecule is O=C(O)c1cc2c(nc1NCC1(CCO)CC1)CCC2. The van der Waals surface area contributed by atoms with Crippen molar-refractivity contribution in [2.45, 2.75) is 38.5 Å². The van der Waals surface area contributed by atoms with Crippen LogP contribution in [0.15, 0.2) is 6.07 Å². The summed E-state index contributed by atoms with van der Waals surface area (Å²) < 4.78 is 0. The molecule has 3 N–H and O–H groups in total. The summed E-state index contributed by atoms with van der Waals surface area (Å²) in [6.45, 7) is 0.880. The third kappa shape index (κ3) is 2.50. The monoisotopic (exact) mass is 276 g/mol. The standard InChI is InChI=1S/C15H20N2O3/c18-7-6-15(4-5-15)9-16-13-11(14(19)20)8-10-2-1-3-12(10)17-13/h8,18H,1-7,9H2,(H,16,17)(H,19,20). The van der Waals surface area contributed by atoms with E-state index in [1.54, 1.807) is 6.07 Å². The highest BCUT2D eigenvalue weighted by Crippen LogP contribution is 2.48. The highest BCUT2D eigenvalue weighted by Gasteiger charge is 2.41. The molecule has 0 spiro atoms. The Hall–Kier alpha value is -1.62. The molecule has 0 amide bonds. The van der Waals surface area contributed by atoms with Gasteiger partial charge in [-0.2, -0.15) is 0 Å². The Kier molecular flexibility index (Phi) is 3.38. The van der Waals surface area contributed by atoms with E-state index >= 15 is 0 Å². The predicted molar refractivity (Wildman–Crippen MR) is 75.1 cm³/mol. The normalized spacial score (nSPS) is 18.6. The molecule has 3 rings (SSSR count). The lowest BCUT2D eigenvalue weighted by atomic mass is 10.0. The Morgan fingerprint density at radius 3 is 2.85 bits per heavy atom. The Morgan fingerprint density at radius 2 is 2.20 bits per heavy atom. The van der Waals surface area contributed by atoms with Gasteiger partial charge in [-0.05, 0) is 55.6 Å². The molecule has 0 aliphatic heterocycles. The van der Waals surface area contributed by atoms with Gasteiger partial charge in [-0.1, -0.05) is 0 Å². The van der Waals surface area contributed by atoms with Gasteiger partial charge in [-0.25, -0.2) is 9.78 Å². The lowest BCUT2D eigenvalue weighted by molar-refractivity contribution is 0.0697. The molecule has 1 fully saturated rings. The van der Waals surface area contributed by atoms with Gasteiger partial charge in [0.15, 0.2) is 0 Å². The van der Waals surface area contributed by atoms with Crippen molar-refractivity contribution in [2.75, 3.05) is 18.5 Å². The maximum Gasteiger partial charge on any atom is 0.339 e. The van der Waals surface area contributed by atoms with Gasteiger partial charge in [0, 0.05) is 18.8 Å². The lowest BCUT2D eigenvalue weighted by Crippen LogP contribution is -2.19. The van der Waals surface area contributed by atoms with Gasteiger partial charge in [0.1, 0.15) is 11.4 Å². The fourth-order valence-corrected chi connectivity index (χ4v) is 2.97. The zero-order valence-corrected chi connectivity index (χ0v) is 11.5. The summed E-state index contributed by atoms with van der Waals surface area (Å²) in [5.41, 5.74) is 2.52. The van der Waals surface area contributed by atoms with Crippen LogP contribution in [0.2, 0.25) is 0 Å². The number of aliphatic hydroxyl groups excluding tert-OH is 1. The summed E-state index contributed by atoms with van der Waals surface area (Å²) in [6, 6.07) is 1.77. The van der Waals surface area contributed by atoms with Crippen LogP contribution in [0.3, 0.4) is 0 Å². The van der Waals surface area contributed by atoms with Crippen molar-refractivity contribution in [3.05, 3.63) is 22.9 Å². The first-order valence-electron chi connectivity index (χ1n) is 7.24.